The molecule has 2 rings (SSSR count). The summed E-state index contributed by atoms with van der Waals surface area (Å²) in [5.74, 6) is 0. The number of anilines is 2. The van der Waals surface area contributed by atoms with Crippen molar-refractivity contribution in [1.82, 2.24) is 0 Å². The topological polar surface area (TPSA) is 29.3 Å². The van der Waals surface area contributed by atoms with Gasteiger partial charge in [-0.15, -0.1) is 6.54 Å². The van der Waals surface area contributed by atoms with Crippen LogP contribution in [0.2, 0.25) is 0 Å². The first-order chi connectivity index (χ1) is 5.86. The van der Waals surface area contributed by atoms with Crippen molar-refractivity contribution in [2.24, 2.45) is 0 Å². The zero-order valence-electron chi connectivity index (χ0n) is 7.30. The first-order valence-electron chi connectivity index (χ1n) is 4.28. The molecule has 0 atom stereocenters. The Morgan fingerprint density at radius 3 is 2.46 bits per heavy atom. The van der Waals surface area contributed by atoms with Crippen LogP contribution in [0.1, 0.15) is 6.42 Å². The number of nitrogens with zero attached hydrogens (tertiary/aromatic N) is 1. The fourth-order valence-corrected chi connectivity index (χ4v) is 1.51. The SMILES string of the molecule is Nc1ccc(N2C[CH-]CC2)cc1.[No]. The fourth-order valence-electron chi connectivity index (χ4n) is 1.51. The third-order valence-electron chi connectivity index (χ3n) is 2.21. The summed E-state index contributed by atoms with van der Waals surface area (Å²) < 4.78 is 0. The van der Waals surface area contributed by atoms with E-state index in [-0.39, 0.29) is 0 Å². The number of rotatable bonds is 1. The summed E-state index contributed by atoms with van der Waals surface area (Å²) in [6.07, 6.45) is 3.50. The van der Waals surface area contributed by atoms with Crippen LogP contribution in [0.5, 0.6) is 0 Å². The second kappa shape index (κ2) is 3.48. The molecular weight excluding hydrogens is 407 g/mol. The smallest absolute Gasteiger partial charge is 0.0342 e. The number of nitrogen functional groups attached to an aromatic ring is 1. The Balaban J connectivity index is 0.000000845. The molecule has 78 valence electrons. The third-order valence-corrected chi connectivity index (χ3v) is 2.21. The van der Waals surface area contributed by atoms with Crippen LogP contribution in [0.3, 0.4) is 0 Å². The molecule has 1 aromatic carbocycles. The molecule has 1 heterocycles. The largest absolute Gasteiger partial charge is 0.404 e. The quantitative estimate of drug-likeness (QED) is 0.554. The molecule has 1 fully saturated rings. The van der Waals surface area contributed by atoms with Crippen molar-refractivity contribution in [2.45, 2.75) is 6.42 Å². The van der Waals surface area contributed by atoms with Gasteiger partial charge in [0.1, 0.15) is 0 Å². The zero-order valence-corrected chi connectivity index (χ0v) is 9.53. The Hall–Kier alpha value is -2.18. The zero-order chi connectivity index (χ0) is 8.39. The Morgan fingerprint density at radius 2 is 1.92 bits per heavy atom. The summed E-state index contributed by atoms with van der Waals surface area (Å²) in [5, 5.41) is 0. The summed E-state index contributed by atoms with van der Waals surface area (Å²) in [6, 6.07) is 8.06. The average molecular weight is 420 g/mol. The Morgan fingerprint density at radius 1 is 1.23 bits per heavy atom. The van der Waals surface area contributed by atoms with Gasteiger partial charge < -0.3 is 17.1 Å². The Bertz CT molecular complexity index is 252. The molecule has 2 N–H and O–H groups in total. The van der Waals surface area contributed by atoms with E-state index in [2.05, 4.69) is 23.5 Å². The van der Waals surface area contributed by atoms with Gasteiger partial charge in [-0.05, 0) is 30.8 Å². The minimum Gasteiger partial charge on any atom is -0.404 e. The van der Waals surface area contributed by atoms with Crippen LogP contribution in [-0.2, 0) is 0 Å². The first kappa shape index (κ1) is 8.91. The fraction of sp³-hybridized carbons (Fsp3) is 0.300. The van der Waals surface area contributed by atoms with E-state index < -0.39 is 0 Å². The maximum atomic E-state index is 5.60. The van der Waals surface area contributed by atoms with Gasteiger partial charge in [0.2, 0.25) is 0 Å². The van der Waals surface area contributed by atoms with E-state index in [4.69, 9.17) is 5.73 Å². The molecule has 1 aliphatic heterocycles. The van der Waals surface area contributed by atoms with Crippen molar-refractivity contribution in [2.75, 3.05) is 23.7 Å². The maximum Gasteiger partial charge on any atom is 0.0342 e. The molecule has 0 spiro atoms. The predicted octanol–water partition coefficient (Wildman–Crippen LogP) is 1.68. The van der Waals surface area contributed by atoms with Gasteiger partial charge in [-0.2, -0.15) is 6.42 Å². The summed E-state index contributed by atoms with van der Waals surface area (Å²) in [4.78, 5) is 2.35. The second-order valence-electron chi connectivity index (χ2n) is 3.11. The van der Waals surface area contributed by atoms with Gasteiger partial charge in [-0.3, -0.25) is 0 Å². The molecule has 0 unspecified atom stereocenters. The van der Waals surface area contributed by atoms with E-state index in [0.29, 0.717) is 0 Å². The van der Waals surface area contributed by atoms with Crippen molar-refractivity contribution in [3.05, 3.63) is 30.7 Å². The van der Waals surface area contributed by atoms with Crippen LogP contribution in [0.25, 0.3) is 0 Å². The molecular formula is C10H13N2No-. The van der Waals surface area contributed by atoms with Crippen LogP contribution < -0.4 is 10.6 Å². The first-order valence-corrected chi connectivity index (χ1v) is 4.28. The predicted molar refractivity (Wildman–Crippen MR) is 52.0 cm³/mol. The number of benzene rings is 1. The maximum absolute atomic E-state index is 5.60. The van der Waals surface area contributed by atoms with E-state index in [0.717, 1.165) is 18.8 Å². The third kappa shape index (κ3) is 1.70. The van der Waals surface area contributed by atoms with Gasteiger partial charge in [-0.1, -0.05) is 0 Å². The van der Waals surface area contributed by atoms with Gasteiger partial charge in [-0.25, -0.2) is 0 Å². The summed E-state index contributed by atoms with van der Waals surface area (Å²) >= 11 is 0. The number of nitrogens with two attached hydrogens (primary N) is 1. The molecule has 0 radical (unpaired) electrons. The van der Waals surface area contributed by atoms with Crippen LogP contribution >= 0.6 is 0 Å². The summed E-state index contributed by atoms with van der Waals surface area (Å²) in [5.41, 5.74) is 7.71. The van der Waals surface area contributed by atoms with Crippen molar-refractivity contribution in [3.8, 4) is 0 Å². The molecule has 0 saturated carbocycles. The van der Waals surface area contributed by atoms with Gasteiger partial charge in [0.05, 0.1) is 0 Å². The van der Waals surface area contributed by atoms with Crippen LogP contribution in [0.15, 0.2) is 24.3 Å². The molecule has 13 heavy (non-hydrogen) atoms. The van der Waals surface area contributed by atoms with Crippen molar-refractivity contribution >= 4 is 11.4 Å². The van der Waals surface area contributed by atoms with Gasteiger partial charge in [0, 0.05) is 11.4 Å². The monoisotopic (exact) mass is 420 g/mol. The number of hydrogen-bond donors (Lipinski definition) is 1. The normalized spacial score (nSPS) is 15.5. The van der Waals surface area contributed by atoms with Gasteiger partial charge >= 0.3 is 0 Å². The Labute approximate surface area is 73.0 Å². The second-order valence-corrected chi connectivity index (χ2v) is 3.11. The minimum atomic E-state index is 0. The number of hydrogen-bond acceptors (Lipinski definition) is 2. The van der Waals surface area contributed by atoms with E-state index >= 15 is 0 Å². The van der Waals surface area contributed by atoms with Gasteiger partial charge in [0.15, 0.2) is 0 Å². The molecule has 0 amide bonds. The van der Waals surface area contributed by atoms with Gasteiger partial charge in [0.25, 0.3) is 0 Å². The van der Waals surface area contributed by atoms with Crippen molar-refractivity contribution in [1.29, 1.82) is 0 Å². The van der Waals surface area contributed by atoms with E-state index in [1.165, 1.54) is 12.1 Å². The molecule has 1 aliphatic rings. The van der Waals surface area contributed by atoms with Crippen molar-refractivity contribution in [3.63, 3.8) is 0 Å². The van der Waals surface area contributed by atoms with E-state index in [9.17, 15) is 0 Å². The van der Waals surface area contributed by atoms with E-state index in [1.54, 1.807) is 0 Å². The van der Waals surface area contributed by atoms with Crippen LogP contribution in [-0.4, -0.2) is 13.1 Å². The Kier molecular flexibility index (Phi) is 2.38. The molecule has 0 aromatic heterocycles. The average Bonchev–Trinajstić information content (AvgIpc) is 2.58. The summed E-state index contributed by atoms with van der Waals surface area (Å²) in [6.45, 7) is 2.22. The standard InChI is InChI=1S/C10H13N2.No/c11-9-3-5-10(6-4-9)12-7-1-2-8-12;/h1,3-6H,2,7-8,11H2;/q-1;. The molecule has 1 saturated heterocycles. The minimum absolute atomic E-state index is 0. The molecule has 2 nitrogen and oxygen atoms in total. The molecule has 1 aromatic rings. The molecule has 3 heteroatoms. The molecule has 0 bridgehead atoms. The van der Waals surface area contributed by atoms with Crippen LogP contribution in [0.4, 0.5) is 11.4 Å². The van der Waals surface area contributed by atoms with Crippen LogP contribution in [0, 0.1) is 6.42 Å². The van der Waals surface area contributed by atoms with E-state index in [1.807, 2.05) is 12.1 Å². The molecule has 0 aliphatic carbocycles. The van der Waals surface area contributed by atoms with Crippen molar-refractivity contribution < 1.29 is 0 Å². The summed E-state index contributed by atoms with van der Waals surface area (Å²) in [7, 11) is 0.